The molecular formula is C94H93Cl14I8N4NaO16V. The summed E-state index contributed by atoms with van der Waals surface area (Å²) in [5, 5.41) is 90.7. The molecule has 0 saturated heterocycles. The maximum Gasteiger partial charge on any atom is 1.00 e. The van der Waals surface area contributed by atoms with Gasteiger partial charge in [0.15, 0.2) is 52.3 Å². The van der Waals surface area contributed by atoms with Gasteiger partial charge in [0.25, 0.3) is 0 Å². The van der Waals surface area contributed by atoms with E-state index in [0.717, 1.165) is 33.2 Å². The second kappa shape index (κ2) is 91.5. The number of alkyl halides is 7. The number of hydrazone groups is 1. The number of nitrogens with two attached hydrogens (primary N) is 1. The molecule has 745 valence electrons. The summed E-state index contributed by atoms with van der Waals surface area (Å²) in [6.07, 6.45) is 5.13. The number of halogens is 22. The van der Waals surface area contributed by atoms with E-state index in [0.29, 0.717) is 78.2 Å². The number of aromatic hydroxyl groups is 6. The average Bonchev–Trinajstić information content (AvgIpc) is 0.873. The molecule has 0 spiro atoms. The van der Waals surface area contributed by atoms with Crippen molar-refractivity contribution in [2.24, 2.45) is 20.9 Å². The number of aliphatic imine (C=N–C) groups is 2. The summed E-state index contributed by atoms with van der Waals surface area (Å²) in [5.74, 6) is -0.693. The number of hydrogen-bond donors (Lipinski definition) is 10. The van der Waals surface area contributed by atoms with Gasteiger partial charge >= 0.3 is 48.9 Å². The Kier molecular flexibility index (Phi) is 99.8. The summed E-state index contributed by atoms with van der Waals surface area (Å²) in [7, 11) is 1.25. The number of aldehydes is 1. The van der Waals surface area contributed by atoms with Gasteiger partial charge < -0.3 is 79.9 Å². The number of Topliss-reactive ketones (excluding diaryl/α,β-unsaturated/α-hetero) is 2. The molecule has 0 aliphatic carbocycles. The minimum Gasteiger partial charge on any atom is -0.870 e. The van der Waals surface area contributed by atoms with Gasteiger partial charge in [-0.2, -0.15) is 5.10 Å². The van der Waals surface area contributed by atoms with Crippen LogP contribution in [0.4, 0.5) is 0 Å². The molecule has 0 saturated carbocycles. The normalized spacial score (nSPS) is 9.25. The zero-order valence-corrected chi connectivity index (χ0v) is 103. The van der Waals surface area contributed by atoms with E-state index in [2.05, 4.69) is 197 Å². The van der Waals surface area contributed by atoms with Crippen LogP contribution in [0.3, 0.4) is 0 Å². The number of carbonyl (C=O) groups is 6. The van der Waals surface area contributed by atoms with Crippen molar-refractivity contribution < 1.29 is 131 Å². The van der Waals surface area contributed by atoms with Crippen molar-refractivity contribution >= 4 is 398 Å². The number of hydrogen-bond acceptors (Lipinski definition) is 17. The van der Waals surface area contributed by atoms with E-state index in [-0.39, 0.29) is 156 Å². The van der Waals surface area contributed by atoms with Gasteiger partial charge in [0.2, 0.25) is 0 Å². The van der Waals surface area contributed by atoms with Gasteiger partial charge in [-0.25, -0.2) is 14.4 Å². The number of rotatable bonds is 13. The zero-order chi connectivity index (χ0) is 103. The monoisotopic (exact) mass is 3110 g/mol. The molecule has 138 heavy (non-hydrogen) atoms. The molecule has 0 aromatic heterocycles. The van der Waals surface area contributed by atoms with Crippen LogP contribution >= 0.6 is 343 Å². The molecule has 12 aromatic carbocycles. The summed E-state index contributed by atoms with van der Waals surface area (Å²) in [6, 6.07) is 64.5. The third kappa shape index (κ3) is 72.4. The van der Waals surface area contributed by atoms with Crippen LogP contribution in [0.5, 0.6) is 34.5 Å². The largest absolute Gasteiger partial charge is 1.00 e. The molecule has 0 atom stereocenters. The van der Waals surface area contributed by atoms with Gasteiger partial charge in [-0.1, -0.05) is 421 Å². The zero-order valence-electron chi connectivity index (χ0n) is 73.9. The molecule has 12 rings (SSSR count). The van der Waals surface area contributed by atoms with Gasteiger partial charge in [0.05, 0.1) is 55.5 Å². The standard InChI is InChI=1S/2C15H11Cl2NO3.C7H6Cl2N2.C7H4Cl2O2.C7H4Cl2O.C7H6Cl2.C7H5ClO2.C7H7Cl.C7H6O4.C7H8.CHI3.CH2I2.2CH3I.CH2I.3CH4.Na.H2O.V/c2*16-11-3-1-10(12(17)6-11)7-18-8-15(21)9-2-4-13(19)14(20)5-9;8-6-2-1-5(4-11-10)7(9)3-6;8-5-2-1-4(7(10)11)3-6(5)9;8-6-2-1-5(4-10)7(9)3-6;1-5-2-3-6(8)4-7(5)9;8-6-3-1-5(2-4-6)7(9)10;1-6-2-4-7(8)5-3-6;8-5-2-1-4(7(10)11)3-6(5)9;1-7-5-3-2-4-6-7;2-1(3)4;2-1-3;3*1-2;;;;;;/h2*1-7,19-20H,8H2;1-4H,10H2;1-3H,(H,10,11);1-4H;2-4H,1H3;1-4H,(H,9,10);2-5H,1H3;1-3,8-9H,(H,10,11);2-6H,1H3;1H;1H2;2*1H3;1H2;3*1H4;;1H2;/q;;;;;;;;;;;;;;-1;;;;+1;;/b;;11-4+;;;;;;;;;;;;;;;;;;/i;;;;;;;;;;;;;;;1T;;;;;. The van der Waals surface area contributed by atoms with Crippen molar-refractivity contribution in [3.63, 3.8) is 0 Å². The second-order valence-electron chi connectivity index (χ2n) is 23.7. The van der Waals surface area contributed by atoms with Gasteiger partial charge in [-0.05, 0) is 212 Å². The fourth-order valence-electron chi connectivity index (χ4n) is 8.04. The number of ketones is 2. The molecule has 0 bridgehead atoms. The molecule has 0 unspecified atom stereocenters. The number of nitrogens with zero attached hydrogens (tertiary/aromatic N) is 3. The van der Waals surface area contributed by atoms with E-state index in [4.69, 9.17) is 195 Å². The smallest absolute Gasteiger partial charge is 0.870 e. The van der Waals surface area contributed by atoms with Crippen LogP contribution in [0, 0.1) is 25.7 Å². The van der Waals surface area contributed by atoms with E-state index in [1.54, 1.807) is 84.9 Å². The number of aromatic carboxylic acids is 3. The van der Waals surface area contributed by atoms with E-state index in [1.807, 2.05) is 101 Å². The van der Waals surface area contributed by atoms with Crippen LogP contribution in [0.15, 0.2) is 258 Å². The SMILES string of the molecule is C.C.CI.CI.Cc1ccc(Cl)cc1.Cc1ccc(Cl)cc1Cl.Cc1ccccc1.IC(I)I.ICI.N/N=C/c1ccc(Cl)cc1Cl.O=C(CN=Cc1ccc(Cl)cc1Cl)c1ccc(O)c(O)c1.O=C(CN=Cc1ccc(Cl)cc1Cl)c1ccc(O)c(O)c1.O=C(O)c1ccc(Cl)c(Cl)c1.O=C(O)c1ccc(Cl)cc1.O=C(O)c1ccc(O)c(O)c1.O=Cc1ccc(Cl)cc1Cl.[3H]C.[CH2-]I.[H+].[Na+].[OH-].[V]. The molecule has 0 aliphatic rings. The number of phenols is 6. The Hall–Kier alpha value is -2.89. The van der Waals surface area contributed by atoms with Crippen LogP contribution in [-0.2, 0) is 18.6 Å². The summed E-state index contributed by atoms with van der Waals surface area (Å²) in [4.78, 5) is 80.1. The molecule has 20 nitrogen and oxygen atoms in total. The third-order valence-corrected chi connectivity index (χ3v) is 18.4. The van der Waals surface area contributed by atoms with Crippen LogP contribution in [-0.4, -0.2) is 131 Å². The first-order chi connectivity index (χ1) is 63.4. The number of benzene rings is 12. The van der Waals surface area contributed by atoms with Gasteiger partial charge in [-0.3, -0.25) is 29.3 Å². The summed E-state index contributed by atoms with van der Waals surface area (Å²) < 4.78 is 7.68. The Bertz CT molecular complexity index is 5430. The quantitative estimate of drug-likeness (QED) is 0.00490. The maximum atomic E-state index is 11.9. The number of carboxylic acid groups (broad SMARTS) is 3. The fourth-order valence-corrected chi connectivity index (χ4v) is 10.8. The van der Waals surface area contributed by atoms with Crippen molar-refractivity contribution in [2.75, 3.05) is 25.4 Å². The topological polar surface area (TPSA) is 378 Å². The molecule has 12 N–H and O–H groups in total. The summed E-state index contributed by atoms with van der Waals surface area (Å²) in [5.41, 5.74) is 7.03. The van der Waals surface area contributed by atoms with Crippen molar-refractivity contribution in [3.8, 4) is 34.5 Å². The number of carboxylic acids is 3. The predicted molar refractivity (Wildman–Crippen MR) is 645 cm³/mol. The van der Waals surface area contributed by atoms with Crippen molar-refractivity contribution in [1.29, 1.82) is 0 Å². The minimum absolute atomic E-state index is 0. The third-order valence-electron chi connectivity index (χ3n) is 14.3. The molecule has 0 aliphatic heterocycles. The first-order valence-electron chi connectivity index (χ1n) is 36.6. The number of aryl methyl sites for hydroxylation is 3. The molecule has 1 radical (unpaired) electrons. The van der Waals surface area contributed by atoms with Crippen LogP contribution < -0.4 is 35.4 Å². The van der Waals surface area contributed by atoms with Crippen molar-refractivity contribution in [3.05, 3.63) is 385 Å². The first kappa shape index (κ1) is 150. The molecule has 0 fully saturated rings. The molecule has 12 aromatic rings. The van der Waals surface area contributed by atoms with Crippen molar-refractivity contribution in [1.82, 2.24) is 0 Å². The Labute approximate surface area is 1020 Å². The Morgan fingerprint density at radius 2 is 0.630 bits per heavy atom. The molecule has 0 heterocycles. The molecule has 44 heteroatoms. The Balaban J connectivity index is -0.000000167. The van der Waals surface area contributed by atoms with Gasteiger partial charge in [0, 0.05) is 106 Å². The Morgan fingerprint density at radius 1 is 0.370 bits per heavy atom. The van der Waals surface area contributed by atoms with E-state index >= 15 is 0 Å². The Morgan fingerprint density at radius 3 is 0.899 bits per heavy atom. The van der Waals surface area contributed by atoms with Crippen LogP contribution in [0.1, 0.15) is 121 Å². The summed E-state index contributed by atoms with van der Waals surface area (Å²) in [6.45, 7) is 5.88. The predicted octanol–water partition coefficient (Wildman–Crippen LogP) is 32.5. The van der Waals surface area contributed by atoms with E-state index in [1.165, 1.54) is 118 Å². The fraction of sp³-hybridized carbons (Fsp3) is 0.128. The van der Waals surface area contributed by atoms with Gasteiger partial charge in [0.1, 0.15) is 13.0 Å². The maximum absolute atomic E-state index is 11.9. The van der Waals surface area contributed by atoms with Crippen molar-refractivity contribution in [2.45, 2.75) is 43.0 Å². The average molecular weight is 3120 g/mol. The van der Waals surface area contributed by atoms with Crippen LogP contribution in [0.25, 0.3) is 0 Å². The number of phenolic OH excluding ortho intramolecular Hbond substituents is 6. The van der Waals surface area contributed by atoms with Crippen LogP contribution in [0.2, 0.25) is 70.3 Å². The second-order valence-corrected chi connectivity index (χ2v) is 44.9. The number of carbonyl (C=O) groups excluding carboxylic acids is 3. The minimum atomic E-state index is -1.14. The van der Waals surface area contributed by atoms with E-state index < -0.39 is 23.7 Å². The summed E-state index contributed by atoms with van der Waals surface area (Å²) >= 11 is 97.5. The van der Waals surface area contributed by atoms with E-state index in [9.17, 15) is 49.2 Å². The first-order valence-corrected chi connectivity index (χ1v) is 53.5. The molecule has 0 amide bonds. The van der Waals surface area contributed by atoms with Gasteiger partial charge in [-0.15, -0.1) is 0 Å². The molecular weight excluding hydrogens is 3030 g/mol.